The van der Waals surface area contributed by atoms with Gasteiger partial charge in [0.1, 0.15) is 11.9 Å². The Bertz CT molecular complexity index is 1570. The van der Waals surface area contributed by atoms with Crippen molar-refractivity contribution in [3.63, 3.8) is 0 Å². The molecule has 2 amide bonds. The second-order valence-corrected chi connectivity index (χ2v) is 9.39. The number of fused-ring (bicyclic) bond motifs is 2. The van der Waals surface area contributed by atoms with Gasteiger partial charge < -0.3 is 9.47 Å². The molecule has 0 N–H and O–H groups in total. The lowest BCUT2D eigenvalue weighted by molar-refractivity contribution is 0.0677. The van der Waals surface area contributed by atoms with E-state index in [0.717, 1.165) is 16.7 Å². The van der Waals surface area contributed by atoms with E-state index >= 15 is 0 Å². The molecule has 2 aliphatic heterocycles. The average Bonchev–Trinajstić information content (AvgIpc) is 3.53. The smallest absolute Gasteiger partial charge is 0.295 e. The second-order valence-electron chi connectivity index (χ2n) is 9.39. The summed E-state index contributed by atoms with van der Waals surface area (Å²) in [5.74, 6) is -0.0576. The molecule has 0 fully saturated rings. The van der Waals surface area contributed by atoms with Crippen LogP contribution in [0, 0.1) is 5.82 Å². The Morgan fingerprint density at radius 1 is 1.16 bits per heavy atom. The van der Waals surface area contributed by atoms with E-state index in [4.69, 9.17) is 0 Å². The SMILES string of the molecule is CC1CN(C(=O)c2cc(CC3N=NC(=O)c4ccccc43)ccc2F)Cc2nnc(-c3cnn(C)c3)n21. The van der Waals surface area contributed by atoms with Crippen molar-refractivity contribution < 1.29 is 14.0 Å². The van der Waals surface area contributed by atoms with E-state index in [1.54, 1.807) is 40.0 Å². The largest absolute Gasteiger partial charge is 0.329 e. The molecule has 0 aliphatic carbocycles. The third-order valence-electron chi connectivity index (χ3n) is 6.80. The van der Waals surface area contributed by atoms with Crippen LogP contribution in [0.3, 0.4) is 0 Å². The molecule has 11 heteroatoms. The van der Waals surface area contributed by atoms with Crippen molar-refractivity contribution in [2.45, 2.75) is 32.0 Å². The number of hydrogen-bond donors (Lipinski definition) is 0. The predicted molar refractivity (Wildman–Crippen MR) is 130 cm³/mol. The van der Waals surface area contributed by atoms with Gasteiger partial charge in [0.05, 0.1) is 29.9 Å². The molecule has 2 aromatic heterocycles. The lowest BCUT2D eigenvalue weighted by atomic mass is 9.93. The number of carbonyl (C=O) groups excluding carboxylic acids is 2. The van der Waals surface area contributed by atoms with E-state index in [1.165, 1.54) is 6.07 Å². The molecular weight excluding hydrogens is 475 g/mol. The molecule has 0 radical (unpaired) electrons. The van der Waals surface area contributed by atoms with Crippen LogP contribution in [0.4, 0.5) is 4.39 Å². The number of amides is 2. The highest BCUT2D eigenvalue weighted by atomic mass is 19.1. The molecule has 0 spiro atoms. The van der Waals surface area contributed by atoms with Crippen LogP contribution < -0.4 is 0 Å². The number of rotatable bonds is 4. The van der Waals surface area contributed by atoms with Gasteiger partial charge in [-0.25, -0.2) is 4.39 Å². The number of azo groups is 1. The summed E-state index contributed by atoms with van der Waals surface area (Å²) >= 11 is 0. The highest BCUT2D eigenvalue weighted by Crippen LogP contribution is 2.32. The van der Waals surface area contributed by atoms with Gasteiger partial charge in [-0.2, -0.15) is 10.2 Å². The number of hydrogen-bond acceptors (Lipinski definition) is 6. The quantitative estimate of drug-likeness (QED) is 0.423. The minimum Gasteiger partial charge on any atom is -0.329 e. The first kappa shape index (κ1) is 22.9. The second kappa shape index (κ2) is 8.84. The van der Waals surface area contributed by atoms with E-state index < -0.39 is 11.7 Å². The zero-order valence-electron chi connectivity index (χ0n) is 20.2. The number of aromatic nitrogens is 5. The van der Waals surface area contributed by atoms with Gasteiger partial charge in [0, 0.05) is 31.8 Å². The Morgan fingerprint density at radius 3 is 2.81 bits per heavy atom. The average molecular weight is 499 g/mol. The Morgan fingerprint density at radius 2 is 2.00 bits per heavy atom. The Balaban J connectivity index is 1.25. The van der Waals surface area contributed by atoms with Crippen molar-refractivity contribution in [2.24, 2.45) is 17.3 Å². The summed E-state index contributed by atoms with van der Waals surface area (Å²) in [5.41, 5.74) is 2.84. The molecule has 2 aliphatic rings. The van der Waals surface area contributed by atoms with Crippen LogP contribution in [0.2, 0.25) is 0 Å². The standard InChI is InChI=1S/C26H23FN8O2/c1-15-12-34(14-23-30-31-24(35(15)23)17-11-28-33(2)13-17)26(37)20-9-16(7-8-21(20)27)10-22-18-5-3-4-6-19(18)25(36)32-29-22/h3-9,11,13,15,22H,10,12,14H2,1-2H3. The summed E-state index contributed by atoms with van der Waals surface area (Å²) in [5, 5.41) is 20.8. The highest BCUT2D eigenvalue weighted by Gasteiger charge is 2.32. The summed E-state index contributed by atoms with van der Waals surface area (Å²) in [6.45, 7) is 2.57. The molecule has 37 heavy (non-hydrogen) atoms. The van der Waals surface area contributed by atoms with E-state index in [0.29, 0.717) is 30.2 Å². The maximum atomic E-state index is 14.9. The normalized spacial score (nSPS) is 18.6. The van der Waals surface area contributed by atoms with E-state index in [1.807, 2.05) is 36.9 Å². The molecule has 10 nitrogen and oxygen atoms in total. The topological polar surface area (TPSA) is 111 Å². The number of benzene rings is 2. The Labute approximate surface area is 211 Å². The van der Waals surface area contributed by atoms with Crippen LogP contribution in [0.5, 0.6) is 0 Å². The highest BCUT2D eigenvalue weighted by molar-refractivity contribution is 5.97. The summed E-state index contributed by atoms with van der Waals surface area (Å²) in [4.78, 5) is 27.1. The molecule has 4 aromatic rings. The van der Waals surface area contributed by atoms with Crippen molar-refractivity contribution in [1.82, 2.24) is 29.4 Å². The van der Waals surface area contributed by atoms with Gasteiger partial charge in [-0.1, -0.05) is 24.3 Å². The van der Waals surface area contributed by atoms with E-state index in [2.05, 4.69) is 25.5 Å². The third-order valence-corrected chi connectivity index (χ3v) is 6.80. The lowest BCUT2D eigenvalue weighted by Gasteiger charge is -2.32. The fraction of sp³-hybridized carbons (Fsp3) is 0.269. The van der Waals surface area contributed by atoms with Gasteiger partial charge in [0.2, 0.25) is 0 Å². The summed E-state index contributed by atoms with van der Waals surface area (Å²) < 4.78 is 18.6. The van der Waals surface area contributed by atoms with Crippen molar-refractivity contribution in [2.75, 3.05) is 6.54 Å². The Kier molecular flexibility index (Phi) is 5.47. The van der Waals surface area contributed by atoms with Crippen LogP contribution >= 0.6 is 0 Å². The monoisotopic (exact) mass is 498 g/mol. The number of halogens is 1. The molecule has 0 bridgehead atoms. The molecule has 2 unspecified atom stereocenters. The van der Waals surface area contributed by atoms with E-state index in [9.17, 15) is 14.0 Å². The molecule has 2 aromatic carbocycles. The van der Waals surface area contributed by atoms with Crippen molar-refractivity contribution in [1.29, 1.82) is 0 Å². The summed E-state index contributed by atoms with van der Waals surface area (Å²) in [6, 6.07) is 11.2. The lowest BCUT2D eigenvalue weighted by Crippen LogP contribution is -2.40. The minimum atomic E-state index is -0.592. The van der Waals surface area contributed by atoms with Gasteiger partial charge in [-0.15, -0.1) is 15.3 Å². The fourth-order valence-corrected chi connectivity index (χ4v) is 5.05. The first-order valence-corrected chi connectivity index (χ1v) is 11.9. The number of nitrogens with zero attached hydrogens (tertiary/aromatic N) is 8. The third kappa shape index (κ3) is 4.02. The number of aryl methyl sites for hydroxylation is 1. The first-order chi connectivity index (χ1) is 17.9. The van der Waals surface area contributed by atoms with Crippen molar-refractivity contribution in [3.05, 3.63) is 88.8 Å². The molecule has 6 rings (SSSR count). The zero-order valence-corrected chi connectivity index (χ0v) is 20.2. The molecule has 0 saturated carbocycles. The zero-order chi connectivity index (χ0) is 25.7. The maximum absolute atomic E-state index is 14.9. The predicted octanol–water partition coefficient (Wildman–Crippen LogP) is 3.92. The van der Waals surface area contributed by atoms with Crippen LogP contribution in [0.25, 0.3) is 11.4 Å². The molecule has 0 saturated heterocycles. The minimum absolute atomic E-state index is 0.0118. The van der Waals surface area contributed by atoms with Crippen LogP contribution in [-0.4, -0.2) is 47.8 Å². The van der Waals surface area contributed by atoms with Crippen molar-refractivity contribution >= 4 is 11.8 Å². The van der Waals surface area contributed by atoms with E-state index in [-0.39, 0.29) is 30.1 Å². The first-order valence-electron chi connectivity index (χ1n) is 11.9. The van der Waals surface area contributed by atoms with Crippen LogP contribution in [0.1, 0.15) is 56.7 Å². The van der Waals surface area contributed by atoms with Crippen LogP contribution in [0.15, 0.2) is 65.1 Å². The van der Waals surface area contributed by atoms with Crippen molar-refractivity contribution in [3.8, 4) is 11.4 Å². The van der Waals surface area contributed by atoms with Gasteiger partial charge >= 0.3 is 0 Å². The molecule has 4 heterocycles. The van der Waals surface area contributed by atoms with Gasteiger partial charge in [-0.3, -0.25) is 14.3 Å². The van der Waals surface area contributed by atoms with Crippen LogP contribution in [-0.2, 0) is 20.0 Å². The summed E-state index contributed by atoms with van der Waals surface area (Å²) in [6.07, 6.45) is 3.97. The molecular formula is C26H23FN8O2. The molecule has 186 valence electrons. The van der Waals surface area contributed by atoms with Gasteiger partial charge in [0.15, 0.2) is 11.6 Å². The molecule has 2 atom stereocenters. The van der Waals surface area contributed by atoms with Gasteiger partial charge in [0.25, 0.3) is 11.8 Å². The number of carbonyl (C=O) groups is 2. The summed E-state index contributed by atoms with van der Waals surface area (Å²) in [7, 11) is 1.83. The van der Waals surface area contributed by atoms with Gasteiger partial charge in [-0.05, 0) is 36.2 Å². The Hall–Kier alpha value is -4.54. The maximum Gasteiger partial charge on any atom is 0.295 e. The fourth-order valence-electron chi connectivity index (χ4n) is 5.05.